The molecule has 4 atom stereocenters. The lowest BCUT2D eigenvalue weighted by Crippen LogP contribution is -2.55. The summed E-state index contributed by atoms with van der Waals surface area (Å²) in [5.41, 5.74) is 15.5. The third-order valence-electron chi connectivity index (χ3n) is 8.46. The summed E-state index contributed by atoms with van der Waals surface area (Å²) in [5.74, 6) is -3.24. The van der Waals surface area contributed by atoms with E-state index in [-0.39, 0.29) is 18.2 Å². The van der Waals surface area contributed by atoms with Crippen LogP contribution in [0.15, 0.2) is 66.7 Å². The monoisotopic (exact) mass is 660 g/mol. The number of benzene rings is 2. The standard InChI is InChI=1S/C36H48N6O6/c1-36(2,3)48-35(47)41-42(21-23-12-6-4-7-13-23)22-29(43)31(32(38)25-15-8-5-9-16-25)33(45)28(20-30(37)44)40-34(46)27-19-18-24-14-10-11-17-26(24)39-27/h5,8-11,14-19,23,28-29,31-32,43H,4,6-7,12-13,20-22,38H2,1-3H3,(H2,37,44)(H,40,46)(H,41,47)/t28-,29-,31?,32?/m0/s1. The van der Waals surface area contributed by atoms with Crippen LogP contribution in [-0.4, -0.2) is 69.6 Å². The quantitative estimate of drug-likeness (QED) is 0.160. The number of aliphatic hydroxyl groups excluding tert-OH is 1. The first kappa shape index (κ1) is 36.4. The highest BCUT2D eigenvalue weighted by molar-refractivity contribution is 6.00. The zero-order valence-electron chi connectivity index (χ0n) is 27.9. The van der Waals surface area contributed by atoms with Gasteiger partial charge in [-0.1, -0.05) is 73.9 Å². The van der Waals surface area contributed by atoms with Crippen molar-refractivity contribution in [3.05, 3.63) is 78.0 Å². The van der Waals surface area contributed by atoms with E-state index in [4.69, 9.17) is 16.2 Å². The fourth-order valence-electron chi connectivity index (χ4n) is 6.19. The number of rotatable bonds is 14. The lowest BCUT2D eigenvalue weighted by molar-refractivity contribution is -0.132. The van der Waals surface area contributed by atoms with Gasteiger partial charge < -0.3 is 26.6 Å². The lowest BCUT2D eigenvalue weighted by Gasteiger charge is -2.36. The number of ether oxygens (including phenoxy) is 1. The molecule has 48 heavy (non-hydrogen) atoms. The van der Waals surface area contributed by atoms with Crippen molar-refractivity contribution >= 4 is 34.6 Å². The molecule has 1 aliphatic rings. The van der Waals surface area contributed by atoms with Crippen molar-refractivity contribution < 1.29 is 29.0 Å². The van der Waals surface area contributed by atoms with E-state index in [1.165, 1.54) is 6.07 Å². The molecule has 7 N–H and O–H groups in total. The van der Waals surface area contributed by atoms with Crippen LogP contribution in [-0.2, 0) is 14.3 Å². The van der Waals surface area contributed by atoms with Gasteiger partial charge in [0.2, 0.25) is 5.91 Å². The van der Waals surface area contributed by atoms with E-state index in [0.717, 1.165) is 37.5 Å². The highest BCUT2D eigenvalue weighted by Crippen LogP contribution is 2.28. The Morgan fingerprint density at radius 2 is 1.65 bits per heavy atom. The van der Waals surface area contributed by atoms with E-state index in [2.05, 4.69) is 15.7 Å². The highest BCUT2D eigenvalue weighted by Gasteiger charge is 2.40. The number of para-hydroxylation sites is 1. The number of carbonyl (C=O) groups is 4. The van der Waals surface area contributed by atoms with Gasteiger partial charge in [-0.05, 0) is 57.2 Å². The van der Waals surface area contributed by atoms with Crippen molar-refractivity contribution in [2.24, 2.45) is 23.3 Å². The Kier molecular flexibility index (Phi) is 12.6. The van der Waals surface area contributed by atoms with Gasteiger partial charge in [-0.25, -0.2) is 14.8 Å². The SMILES string of the molecule is CC(C)(C)OC(=O)NN(CC1CCCCC1)C[C@H](O)C(C(=O)[C@H](CC(N)=O)NC(=O)c1ccc2ccccc2n1)C(N)c1ccccc1. The smallest absolute Gasteiger partial charge is 0.422 e. The highest BCUT2D eigenvalue weighted by atomic mass is 16.6. The Balaban J connectivity index is 1.63. The summed E-state index contributed by atoms with van der Waals surface area (Å²) in [6.45, 7) is 5.51. The van der Waals surface area contributed by atoms with E-state index in [1.54, 1.807) is 74.3 Å². The van der Waals surface area contributed by atoms with Gasteiger partial charge >= 0.3 is 6.09 Å². The van der Waals surface area contributed by atoms with Crippen LogP contribution in [0.25, 0.3) is 10.9 Å². The predicted octanol–water partition coefficient (Wildman–Crippen LogP) is 3.78. The maximum absolute atomic E-state index is 14.4. The first-order valence-corrected chi connectivity index (χ1v) is 16.5. The number of pyridine rings is 1. The Bertz CT molecular complexity index is 1560. The number of amides is 3. The van der Waals surface area contributed by atoms with Crippen molar-refractivity contribution in [3.63, 3.8) is 0 Å². The molecule has 1 heterocycles. The molecule has 1 fully saturated rings. The molecule has 2 unspecified atom stereocenters. The average molecular weight is 661 g/mol. The maximum Gasteiger partial charge on any atom is 0.422 e. The molecule has 0 aliphatic heterocycles. The van der Waals surface area contributed by atoms with Crippen LogP contribution >= 0.6 is 0 Å². The lowest BCUT2D eigenvalue weighted by atomic mass is 9.82. The van der Waals surface area contributed by atoms with E-state index >= 15 is 0 Å². The van der Waals surface area contributed by atoms with Crippen LogP contribution < -0.4 is 22.2 Å². The summed E-state index contributed by atoms with van der Waals surface area (Å²) < 4.78 is 5.49. The second-order valence-electron chi connectivity index (χ2n) is 13.5. The first-order chi connectivity index (χ1) is 22.8. The van der Waals surface area contributed by atoms with Crippen molar-refractivity contribution in [1.82, 2.24) is 20.7 Å². The fraction of sp³-hybridized carbons (Fsp3) is 0.472. The van der Waals surface area contributed by atoms with E-state index in [9.17, 15) is 24.3 Å². The van der Waals surface area contributed by atoms with E-state index in [0.29, 0.717) is 17.6 Å². The Morgan fingerprint density at radius 3 is 2.31 bits per heavy atom. The number of aromatic nitrogens is 1. The number of nitrogens with zero attached hydrogens (tertiary/aromatic N) is 2. The van der Waals surface area contributed by atoms with E-state index in [1.807, 2.05) is 12.1 Å². The van der Waals surface area contributed by atoms with Crippen molar-refractivity contribution in [1.29, 1.82) is 0 Å². The third-order valence-corrected chi connectivity index (χ3v) is 8.46. The Hall–Kier alpha value is -4.39. The summed E-state index contributed by atoms with van der Waals surface area (Å²) in [6, 6.07) is 16.9. The summed E-state index contributed by atoms with van der Waals surface area (Å²) in [7, 11) is 0. The van der Waals surface area contributed by atoms with Gasteiger partial charge in [0.1, 0.15) is 11.3 Å². The molecule has 2 aromatic carbocycles. The van der Waals surface area contributed by atoms with Gasteiger partial charge in [-0.3, -0.25) is 19.8 Å². The number of nitrogens with one attached hydrogen (secondary N) is 2. The molecule has 1 aromatic heterocycles. The van der Waals surface area contributed by atoms with Crippen LogP contribution in [0.1, 0.15) is 81.4 Å². The molecule has 3 amide bonds. The molecule has 1 saturated carbocycles. The minimum Gasteiger partial charge on any atom is -0.443 e. The van der Waals surface area contributed by atoms with Gasteiger partial charge in [0, 0.05) is 24.5 Å². The minimum atomic E-state index is -1.43. The number of nitrogens with two attached hydrogens (primary N) is 2. The second kappa shape index (κ2) is 16.6. The Labute approximate surface area is 281 Å². The maximum atomic E-state index is 14.4. The number of primary amides is 1. The van der Waals surface area contributed by atoms with Gasteiger partial charge in [-0.15, -0.1) is 0 Å². The number of hydrogen-bond acceptors (Lipinski definition) is 9. The van der Waals surface area contributed by atoms with Crippen LogP contribution in [0.4, 0.5) is 4.79 Å². The Morgan fingerprint density at radius 1 is 0.979 bits per heavy atom. The van der Waals surface area contributed by atoms with E-state index < -0.39 is 59.8 Å². The number of hydrogen-bond donors (Lipinski definition) is 5. The molecule has 12 heteroatoms. The molecule has 4 rings (SSSR count). The molecular formula is C36H48N6O6. The number of aliphatic hydroxyl groups is 1. The summed E-state index contributed by atoms with van der Waals surface area (Å²) in [5, 5.41) is 16.9. The topological polar surface area (TPSA) is 190 Å². The minimum absolute atomic E-state index is 0.0423. The van der Waals surface area contributed by atoms with Crippen LogP contribution in [0, 0.1) is 11.8 Å². The summed E-state index contributed by atoms with van der Waals surface area (Å²) in [4.78, 5) is 57.3. The molecule has 1 aliphatic carbocycles. The van der Waals surface area contributed by atoms with Crippen molar-refractivity contribution in [3.8, 4) is 0 Å². The third kappa shape index (κ3) is 10.6. The predicted molar refractivity (Wildman–Crippen MR) is 182 cm³/mol. The molecule has 0 radical (unpaired) electrons. The number of Topliss-reactive ketones (excluding diaryl/α,β-unsaturated/α-hetero) is 1. The second-order valence-corrected chi connectivity index (χ2v) is 13.5. The zero-order valence-corrected chi connectivity index (χ0v) is 27.9. The van der Waals surface area contributed by atoms with Crippen LogP contribution in [0.5, 0.6) is 0 Å². The zero-order chi connectivity index (χ0) is 34.8. The number of fused-ring (bicyclic) bond motifs is 1. The number of ketones is 1. The average Bonchev–Trinajstić information content (AvgIpc) is 3.03. The molecular weight excluding hydrogens is 612 g/mol. The fourth-order valence-corrected chi connectivity index (χ4v) is 6.19. The first-order valence-electron chi connectivity index (χ1n) is 16.5. The molecule has 258 valence electrons. The summed E-state index contributed by atoms with van der Waals surface area (Å²) in [6.07, 6.45) is 2.55. The van der Waals surface area contributed by atoms with Crippen LogP contribution in [0.2, 0.25) is 0 Å². The van der Waals surface area contributed by atoms with Gasteiger partial charge in [0.05, 0.1) is 30.0 Å². The molecule has 12 nitrogen and oxygen atoms in total. The number of hydrazine groups is 1. The molecule has 0 bridgehead atoms. The van der Waals surface area contributed by atoms with Crippen molar-refractivity contribution in [2.75, 3.05) is 13.1 Å². The largest absolute Gasteiger partial charge is 0.443 e. The van der Waals surface area contributed by atoms with Crippen molar-refractivity contribution in [2.45, 2.75) is 83.1 Å². The molecule has 0 spiro atoms. The van der Waals surface area contributed by atoms with Crippen LogP contribution in [0.3, 0.4) is 0 Å². The summed E-state index contributed by atoms with van der Waals surface area (Å²) >= 11 is 0. The normalized spacial score (nSPS) is 16.5. The van der Waals surface area contributed by atoms with Gasteiger partial charge in [0.15, 0.2) is 5.78 Å². The molecule has 0 saturated heterocycles. The number of carbonyl (C=O) groups excluding carboxylic acids is 4. The van der Waals surface area contributed by atoms with Gasteiger partial charge in [-0.2, -0.15) is 0 Å². The van der Waals surface area contributed by atoms with Gasteiger partial charge in [0.25, 0.3) is 5.91 Å². The molecule has 3 aromatic rings.